The highest BCUT2D eigenvalue weighted by molar-refractivity contribution is 6.32. The summed E-state index contributed by atoms with van der Waals surface area (Å²) in [5.74, 6) is 0. The lowest BCUT2D eigenvalue weighted by molar-refractivity contribution is -0.384. The largest absolute Gasteiger partial charge is 0.298 e. The molecule has 1 rings (SSSR count). The van der Waals surface area contributed by atoms with Gasteiger partial charge in [0.15, 0.2) is 0 Å². The SMILES string of the molecule is CCCNC(C#N)c1ccc(Cl)c([N+](=O)[O-])c1. The molecule has 17 heavy (non-hydrogen) atoms. The number of benzene rings is 1. The molecule has 0 aliphatic heterocycles. The van der Waals surface area contributed by atoms with Gasteiger partial charge in [0.25, 0.3) is 5.69 Å². The molecule has 6 heteroatoms. The molecule has 1 N–H and O–H groups in total. The molecule has 0 aliphatic carbocycles. The quantitative estimate of drug-likeness (QED) is 0.646. The maximum absolute atomic E-state index is 10.7. The molecule has 1 aromatic rings. The van der Waals surface area contributed by atoms with Crippen molar-refractivity contribution in [1.82, 2.24) is 5.32 Å². The molecule has 0 aliphatic rings. The van der Waals surface area contributed by atoms with Crippen molar-refractivity contribution in [2.75, 3.05) is 6.54 Å². The van der Waals surface area contributed by atoms with Crippen molar-refractivity contribution in [3.8, 4) is 6.07 Å². The number of nitriles is 1. The van der Waals surface area contributed by atoms with Crippen LogP contribution in [0.5, 0.6) is 0 Å². The minimum Gasteiger partial charge on any atom is -0.298 e. The first-order valence-corrected chi connectivity index (χ1v) is 5.54. The number of nitrogens with zero attached hydrogens (tertiary/aromatic N) is 2. The molecular weight excluding hydrogens is 242 g/mol. The minimum absolute atomic E-state index is 0.0749. The van der Waals surface area contributed by atoms with Crippen LogP contribution in [0.15, 0.2) is 18.2 Å². The Morgan fingerprint density at radius 3 is 2.88 bits per heavy atom. The molecular formula is C11H12ClN3O2. The second kappa shape index (κ2) is 6.18. The summed E-state index contributed by atoms with van der Waals surface area (Å²) in [5, 5.41) is 22.8. The van der Waals surface area contributed by atoms with Crippen molar-refractivity contribution >= 4 is 17.3 Å². The molecule has 1 atom stereocenters. The van der Waals surface area contributed by atoms with Crippen molar-refractivity contribution in [1.29, 1.82) is 5.26 Å². The van der Waals surface area contributed by atoms with Crippen LogP contribution in [0.2, 0.25) is 5.02 Å². The summed E-state index contributed by atoms with van der Waals surface area (Å²) in [7, 11) is 0. The molecule has 90 valence electrons. The highest BCUT2D eigenvalue weighted by Gasteiger charge is 2.17. The van der Waals surface area contributed by atoms with E-state index in [1.165, 1.54) is 12.1 Å². The first-order valence-electron chi connectivity index (χ1n) is 5.17. The Hall–Kier alpha value is -1.64. The van der Waals surface area contributed by atoms with E-state index in [-0.39, 0.29) is 10.7 Å². The van der Waals surface area contributed by atoms with Gasteiger partial charge in [0, 0.05) is 6.07 Å². The number of halogens is 1. The topological polar surface area (TPSA) is 79.0 Å². The van der Waals surface area contributed by atoms with Crippen LogP contribution < -0.4 is 5.32 Å². The average Bonchev–Trinajstić information content (AvgIpc) is 2.31. The third kappa shape index (κ3) is 3.41. The molecule has 5 nitrogen and oxygen atoms in total. The zero-order valence-corrected chi connectivity index (χ0v) is 10.1. The van der Waals surface area contributed by atoms with Crippen molar-refractivity contribution in [2.45, 2.75) is 19.4 Å². The molecule has 0 radical (unpaired) electrons. The van der Waals surface area contributed by atoms with E-state index in [0.29, 0.717) is 12.1 Å². The first kappa shape index (κ1) is 13.4. The average molecular weight is 254 g/mol. The van der Waals surface area contributed by atoms with Crippen LogP contribution >= 0.6 is 11.6 Å². The van der Waals surface area contributed by atoms with Crippen LogP contribution in [0.1, 0.15) is 24.9 Å². The normalized spacial score (nSPS) is 11.8. The van der Waals surface area contributed by atoms with Crippen LogP contribution in [0.3, 0.4) is 0 Å². The number of rotatable bonds is 5. The molecule has 0 fully saturated rings. The molecule has 0 heterocycles. The summed E-state index contributed by atoms with van der Waals surface area (Å²) in [6, 6.07) is 5.90. The molecule has 1 unspecified atom stereocenters. The van der Waals surface area contributed by atoms with Crippen molar-refractivity contribution in [2.24, 2.45) is 0 Å². The van der Waals surface area contributed by atoms with E-state index < -0.39 is 11.0 Å². The minimum atomic E-state index is -0.555. The predicted octanol–water partition coefficient (Wildman–Crippen LogP) is 2.81. The van der Waals surface area contributed by atoms with E-state index >= 15 is 0 Å². The van der Waals surface area contributed by atoms with Crippen molar-refractivity contribution < 1.29 is 4.92 Å². The second-order valence-electron chi connectivity index (χ2n) is 3.48. The fourth-order valence-corrected chi connectivity index (χ4v) is 1.56. The van der Waals surface area contributed by atoms with Crippen molar-refractivity contribution in [3.63, 3.8) is 0 Å². The maximum atomic E-state index is 10.7. The Kier molecular flexibility index (Phi) is 4.88. The summed E-state index contributed by atoms with van der Waals surface area (Å²) >= 11 is 5.70. The van der Waals surface area contributed by atoms with Gasteiger partial charge in [-0.3, -0.25) is 15.4 Å². The van der Waals surface area contributed by atoms with E-state index in [1.54, 1.807) is 6.07 Å². The highest BCUT2D eigenvalue weighted by atomic mass is 35.5. The Morgan fingerprint density at radius 1 is 1.65 bits per heavy atom. The van der Waals surface area contributed by atoms with E-state index in [1.807, 2.05) is 6.92 Å². The van der Waals surface area contributed by atoms with Crippen LogP contribution in [-0.4, -0.2) is 11.5 Å². The lowest BCUT2D eigenvalue weighted by atomic mass is 10.1. The molecule has 0 saturated carbocycles. The van der Waals surface area contributed by atoms with Crippen LogP contribution in [0.25, 0.3) is 0 Å². The Labute approximate surface area is 104 Å². The first-order chi connectivity index (χ1) is 8.10. The lowest BCUT2D eigenvalue weighted by Gasteiger charge is -2.10. The number of hydrogen-bond donors (Lipinski definition) is 1. The van der Waals surface area contributed by atoms with E-state index in [2.05, 4.69) is 11.4 Å². The summed E-state index contributed by atoms with van der Waals surface area (Å²) in [6.07, 6.45) is 0.883. The molecule has 0 amide bonds. The maximum Gasteiger partial charge on any atom is 0.288 e. The lowest BCUT2D eigenvalue weighted by Crippen LogP contribution is -2.20. The van der Waals surface area contributed by atoms with E-state index in [0.717, 1.165) is 6.42 Å². The third-order valence-electron chi connectivity index (χ3n) is 2.23. The Bertz CT molecular complexity index is 457. The van der Waals surface area contributed by atoms with Gasteiger partial charge < -0.3 is 0 Å². The number of nitrogens with one attached hydrogen (secondary N) is 1. The van der Waals surface area contributed by atoms with Gasteiger partial charge in [0.2, 0.25) is 0 Å². The molecule has 0 spiro atoms. The van der Waals surface area contributed by atoms with Crippen LogP contribution in [-0.2, 0) is 0 Å². The van der Waals surface area contributed by atoms with E-state index in [4.69, 9.17) is 16.9 Å². The van der Waals surface area contributed by atoms with Gasteiger partial charge in [-0.05, 0) is 24.6 Å². The predicted molar refractivity (Wildman–Crippen MR) is 64.8 cm³/mol. The third-order valence-corrected chi connectivity index (χ3v) is 2.55. The van der Waals surface area contributed by atoms with Gasteiger partial charge >= 0.3 is 0 Å². The number of hydrogen-bond acceptors (Lipinski definition) is 4. The van der Waals surface area contributed by atoms with Gasteiger partial charge in [-0.2, -0.15) is 5.26 Å². The van der Waals surface area contributed by atoms with Crippen molar-refractivity contribution in [3.05, 3.63) is 38.9 Å². The van der Waals surface area contributed by atoms with Crippen LogP contribution in [0.4, 0.5) is 5.69 Å². The fraction of sp³-hybridized carbons (Fsp3) is 0.364. The van der Waals surface area contributed by atoms with Gasteiger partial charge in [0.1, 0.15) is 11.1 Å². The fourth-order valence-electron chi connectivity index (χ4n) is 1.38. The second-order valence-corrected chi connectivity index (χ2v) is 3.89. The summed E-state index contributed by atoms with van der Waals surface area (Å²) in [4.78, 5) is 10.2. The smallest absolute Gasteiger partial charge is 0.288 e. The highest BCUT2D eigenvalue weighted by Crippen LogP contribution is 2.27. The monoisotopic (exact) mass is 253 g/mol. The summed E-state index contributed by atoms with van der Waals surface area (Å²) in [5.41, 5.74) is 0.375. The van der Waals surface area contributed by atoms with Gasteiger partial charge in [-0.15, -0.1) is 0 Å². The summed E-state index contributed by atoms with van der Waals surface area (Å²) < 4.78 is 0. The van der Waals surface area contributed by atoms with Gasteiger partial charge in [0.05, 0.1) is 11.0 Å². The Balaban J connectivity index is 3.01. The van der Waals surface area contributed by atoms with Crippen LogP contribution in [0, 0.1) is 21.4 Å². The number of nitro benzene ring substituents is 1. The molecule has 0 aromatic heterocycles. The van der Waals surface area contributed by atoms with Gasteiger partial charge in [-0.25, -0.2) is 0 Å². The zero-order chi connectivity index (χ0) is 12.8. The van der Waals surface area contributed by atoms with E-state index in [9.17, 15) is 10.1 Å². The summed E-state index contributed by atoms with van der Waals surface area (Å²) in [6.45, 7) is 2.65. The van der Waals surface area contributed by atoms with Gasteiger partial charge in [-0.1, -0.05) is 24.6 Å². The number of nitro groups is 1. The Morgan fingerprint density at radius 2 is 2.35 bits per heavy atom. The zero-order valence-electron chi connectivity index (χ0n) is 9.31. The molecule has 0 bridgehead atoms. The molecule has 0 saturated heterocycles. The molecule has 1 aromatic carbocycles. The standard InChI is InChI=1S/C11H12ClN3O2/c1-2-5-14-10(7-13)8-3-4-9(12)11(6-8)15(16)17/h3-4,6,10,14H,2,5H2,1H3.